The highest BCUT2D eigenvalue weighted by Gasteiger charge is 2.19. The summed E-state index contributed by atoms with van der Waals surface area (Å²) < 4.78 is 0. The normalized spacial score (nSPS) is 24.2. The molecule has 3 heteroatoms. The second-order valence-corrected chi connectivity index (χ2v) is 6.07. The van der Waals surface area contributed by atoms with Gasteiger partial charge < -0.3 is 5.32 Å². The van der Waals surface area contributed by atoms with Crippen LogP contribution in [0.15, 0.2) is 18.2 Å². The first-order valence-corrected chi connectivity index (χ1v) is 7.62. The fourth-order valence-electron chi connectivity index (χ4n) is 2.74. The van der Waals surface area contributed by atoms with Crippen molar-refractivity contribution in [1.29, 1.82) is 0 Å². The SMILES string of the molecule is CCC1CCNC(CCc2ccc(Cl)cc2Cl)C1. The lowest BCUT2D eigenvalue weighted by Gasteiger charge is -2.29. The minimum atomic E-state index is 0.649. The van der Waals surface area contributed by atoms with Gasteiger partial charge in [0.2, 0.25) is 0 Å². The number of hydrogen-bond acceptors (Lipinski definition) is 1. The number of halogens is 2. The van der Waals surface area contributed by atoms with Gasteiger partial charge in [-0.1, -0.05) is 42.6 Å². The highest BCUT2D eigenvalue weighted by Crippen LogP contribution is 2.25. The van der Waals surface area contributed by atoms with Crippen LogP contribution in [0.1, 0.15) is 38.2 Å². The maximum Gasteiger partial charge on any atom is 0.0452 e. The van der Waals surface area contributed by atoms with E-state index in [1.54, 1.807) is 0 Å². The summed E-state index contributed by atoms with van der Waals surface area (Å²) in [6, 6.07) is 6.45. The second-order valence-electron chi connectivity index (χ2n) is 5.22. The fraction of sp³-hybridized carbons (Fsp3) is 0.600. The van der Waals surface area contributed by atoms with E-state index >= 15 is 0 Å². The Balaban J connectivity index is 1.87. The van der Waals surface area contributed by atoms with Gasteiger partial charge in [-0.25, -0.2) is 0 Å². The Morgan fingerprint density at radius 2 is 2.17 bits per heavy atom. The van der Waals surface area contributed by atoms with Crippen LogP contribution < -0.4 is 5.32 Å². The predicted octanol–water partition coefficient (Wildman–Crippen LogP) is 4.70. The van der Waals surface area contributed by atoms with E-state index in [0.717, 1.165) is 30.3 Å². The maximum absolute atomic E-state index is 6.20. The topological polar surface area (TPSA) is 12.0 Å². The molecule has 1 aromatic carbocycles. The van der Waals surface area contributed by atoms with Crippen molar-refractivity contribution in [2.24, 2.45) is 5.92 Å². The molecule has 0 aliphatic carbocycles. The lowest BCUT2D eigenvalue weighted by atomic mass is 9.88. The van der Waals surface area contributed by atoms with Gasteiger partial charge >= 0.3 is 0 Å². The molecule has 1 fully saturated rings. The molecular formula is C15H21Cl2N. The molecule has 1 N–H and O–H groups in total. The number of aryl methyl sites for hydroxylation is 1. The van der Waals surface area contributed by atoms with E-state index < -0.39 is 0 Å². The molecule has 2 rings (SSSR count). The van der Waals surface area contributed by atoms with Crippen molar-refractivity contribution in [1.82, 2.24) is 5.32 Å². The molecule has 0 aromatic heterocycles. The molecule has 0 saturated carbocycles. The summed E-state index contributed by atoms with van der Waals surface area (Å²) >= 11 is 12.1. The summed E-state index contributed by atoms with van der Waals surface area (Å²) in [6.45, 7) is 3.46. The van der Waals surface area contributed by atoms with Crippen molar-refractivity contribution in [2.45, 2.75) is 45.1 Å². The zero-order chi connectivity index (χ0) is 13.0. The monoisotopic (exact) mass is 285 g/mol. The Kier molecular flexibility index (Phi) is 5.35. The second kappa shape index (κ2) is 6.79. The number of piperidine rings is 1. The minimum Gasteiger partial charge on any atom is -0.314 e. The number of nitrogens with one attached hydrogen (secondary N) is 1. The molecule has 2 atom stereocenters. The fourth-order valence-corrected chi connectivity index (χ4v) is 3.24. The van der Waals surface area contributed by atoms with E-state index in [1.165, 1.54) is 24.8 Å². The third kappa shape index (κ3) is 3.88. The Bertz CT molecular complexity index is 392. The molecule has 0 spiro atoms. The Hall–Kier alpha value is -0.240. The smallest absolute Gasteiger partial charge is 0.0452 e. The first-order valence-electron chi connectivity index (χ1n) is 6.86. The third-order valence-electron chi connectivity index (χ3n) is 3.96. The van der Waals surface area contributed by atoms with Gasteiger partial charge in [-0.05, 0) is 55.8 Å². The number of benzene rings is 1. The zero-order valence-electron chi connectivity index (χ0n) is 10.9. The first kappa shape index (κ1) is 14.2. The standard InChI is InChI=1S/C15H21Cl2N/c1-2-11-7-8-18-14(9-11)6-4-12-3-5-13(16)10-15(12)17/h3,5,10-11,14,18H,2,4,6-9H2,1H3. The number of rotatable bonds is 4. The van der Waals surface area contributed by atoms with Crippen LogP contribution in [0.4, 0.5) is 0 Å². The molecule has 0 bridgehead atoms. The first-order chi connectivity index (χ1) is 8.69. The van der Waals surface area contributed by atoms with Gasteiger partial charge in [-0.2, -0.15) is 0 Å². The van der Waals surface area contributed by atoms with Gasteiger partial charge in [0, 0.05) is 16.1 Å². The maximum atomic E-state index is 6.20. The molecule has 0 amide bonds. The molecule has 1 aromatic rings. The van der Waals surface area contributed by atoms with Gasteiger partial charge in [0.25, 0.3) is 0 Å². The van der Waals surface area contributed by atoms with Crippen LogP contribution in [0.25, 0.3) is 0 Å². The van der Waals surface area contributed by atoms with E-state index in [-0.39, 0.29) is 0 Å². The molecule has 100 valence electrons. The van der Waals surface area contributed by atoms with Gasteiger partial charge in [0.05, 0.1) is 0 Å². The summed E-state index contributed by atoms with van der Waals surface area (Å²) in [5.41, 5.74) is 1.21. The third-order valence-corrected chi connectivity index (χ3v) is 4.54. The largest absolute Gasteiger partial charge is 0.314 e. The van der Waals surface area contributed by atoms with Crippen molar-refractivity contribution in [3.63, 3.8) is 0 Å². The average Bonchev–Trinajstić information content (AvgIpc) is 2.38. The molecule has 2 unspecified atom stereocenters. The average molecular weight is 286 g/mol. The van der Waals surface area contributed by atoms with Crippen molar-refractivity contribution in [3.8, 4) is 0 Å². The Labute approximate surface area is 120 Å². The van der Waals surface area contributed by atoms with Crippen molar-refractivity contribution < 1.29 is 0 Å². The molecule has 1 aliphatic heterocycles. The molecule has 1 nitrogen and oxygen atoms in total. The lowest BCUT2D eigenvalue weighted by Crippen LogP contribution is -2.38. The minimum absolute atomic E-state index is 0.649. The van der Waals surface area contributed by atoms with Crippen LogP contribution in [0.5, 0.6) is 0 Å². The lowest BCUT2D eigenvalue weighted by molar-refractivity contribution is 0.285. The van der Waals surface area contributed by atoms with Crippen LogP contribution in [-0.4, -0.2) is 12.6 Å². The van der Waals surface area contributed by atoms with Gasteiger partial charge in [0.1, 0.15) is 0 Å². The van der Waals surface area contributed by atoms with Gasteiger partial charge in [-0.3, -0.25) is 0 Å². The summed E-state index contributed by atoms with van der Waals surface area (Å²) in [4.78, 5) is 0. The van der Waals surface area contributed by atoms with Crippen molar-refractivity contribution in [3.05, 3.63) is 33.8 Å². The zero-order valence-corrected chi connectivity index (χ0v) is 12.4. The van der Waals surface area contributed by atoms with Crippen LogP contribution in [0, 0.1) is 5.92 Å². The highest BCUT2D eigenvalue weighted by molar-refractivity contribution is 6.35. The molecule has 18 heavy (non-hydrogen) atoms. The van der Waals surface area contributed by atoms with Crippen LogP contribution >= 0.6 is 23.2 Å². The van der Waals surface area contributed by atoms with E-state index in [0.29, 0.717) is 11.1 Å². The van der Waals surface area contributed by atoms with Crippen LogP contribution in [0.2, 0.25) is 10.0 Å². The summed E-state index contributed by atoms with van der Waals surface area (Å²) in [6.07, 6.45) is 6.14. The van der Waals surface area contributed by atoms with Crippen molar-refractivity contribution >= 4 is 23.2 Å². The quantitative estimate of drug-likeness (QED) is 0.845. The summed E-state index contributed by atoms with van der Waals surface area (Å²) in [5, 5.41) is 5.13. The molecule has 1 saturated heterocycles. The van der Waals surface area contributed by atoms with E-state index in [1.807, 2.05) is 18.2 Å². The van der Waals surface area contributed by atoms with E-state index in [2.05, 4.69) is 12.2 Å². The van der Waals surface area contributed by atoms with Crippen LogP contribution in [-0.2, 0) is 6.42 Å². The highest BCUT2D eigenvalue weighted by atomic mass is 35.5. The molecular weight excluding hydrogens is 265 g/mol. The Morgan fingerprint density at radius 3 is 2.89 bits per heavy atom. The molecule has 0 radical (unpaired) electrons. The van der Waals surface area contributed by atoms with Crippen molar-refractivity contribution in [2.75, 3.05) is 6.54 Å². The molecule has 1 heterocycles. The van der Waals surface area contributed by atoms with E-state index in [9.17, 15) is 0 Å². The predicted molar refractivity (Wildman–Crippen MR) is 79.6 cm³/mol. The van der Waals surface area contributed by atoms with Gasteiger partial charge in [-0.15, -0.1) is 0 Å². The summed E-state index contributed by atoms with van der Waals surface area (Å²) in [5.74, 6) is 0.900. The summed E-state index contributed by atoms with van der Waals surface area (Å²) in [7, 11) is 0. The molecule has 1 aliphatic rings. The van der Waals surface area contributed by atoms with Crippen LogP contribution in [0.3, 0.4) is 0 Å². The Morgan fingerprint density at radius 1 is 1.33 bits per heavy atom. The van der Waals surface area contributed by atoms with Gasteiger partial charge in [0.15, 0.2) is 0 Å². The van der Waals surface area contributed by atoms with E-state index in [4.69, 9.17) is 23.2 Å². The number of hydrogen-bond donors (Lipinski definition) is 1.